The van der Waals surface area contributed by atoms with Crippen molar-refractivity contribution < 1.29 is 18.7 Å². The molecule has 1 aromatic heterocycles. The minimum atomic E-state index is -0.0482. The number of fused-ring (bicyclic) bond motifs is 3. The van der Waals surface area contributed by atoms with Crippen molar-refractivity contribution in [2.24, 2.45) is 5.92 Å². The van der Waals surface area contributed by atoms with Gasteiger partial charge in [0.1, 0.15) is 17.1 Å². The molecular weight excluding hydrogens is 368 g/mol. The van der Waals surface area contributed by atoms with Gasteiger partial charge in [0.05, 0.1) is 0 Å². The van der Waals surface area contributed by atoms with Crippen molar-refractivity contribution in [1.82, 2.24) is 10.2 Å². The smallest absolute Gasteiger partial charge is 0.260 e. The van der Waals surface area contributed by atoms with Crippen molar-refractivity contribution in [3.63, 3.8) is 0 Å². The summed E-state index contributed by atoms with van der Waals surface area (Å²) in [6.45, 7) is 5.03. The minimum Gasteiger partial charge on any atom is -0.484 e. The number of aryl methyl sites for hydroxylation is 2. The zero-order valence-corrected chi connectivity index (χ0v) is 17.3. The van der Waals surface area contributed by atoms with Gasteiger partial charge in [0.15, 0.2) is 6.61 Å². The number of benzene rings is 1. The van der Waals surface area contributed by atoms with Gasteiger partial charge in [0.2, 0.25) is 5.91 Å². The molecule has 0 saturated carbocycles. The highest BCUT2D eigenvalue weighted by Gasteiger charge is 2.26. The Labute approximate surface area is 171 Å². The zero-order chi connectivity index (χ0) is 20.4. The Hall–Kier alpha value is -2.50. The Kier molecular flexibility index (Phi) is 5.79. The van der Waals surface area contributed by atoms with Crippen LogP contribution in [0.1, 0.15) is 50.9 Å². The second kappa shape index (κ2) is 8.47. The van der Waals surface area contributed by atoms with E-state index in [2.05, 4.69) is 5.32 Å². The minimum absolute atomic E-state index is 0.0103. The third kappa shape index (κ3) is 4.41. The molecule has 0 spiro atoms. The maximum atomic E-state index is 12.7. The average Bonchev–Trinajstić information content (AvgIpc) is 3.10. The van der Waals surface area contributed by atoms with Crippen molar-refractivity contribution >= 4 is 22.8 Å². The predicted octanol–water partition coefficient (Wildman–Crippen LogP) is 3.45. The van der Waals surface area contributed by atoms with Gasteiger partial charge in [-0.2, -0.15) is 0 Å². The van der Waals surface area contributed by atoms with E-state index in [1.807, 2.05) is 32.0 Å². The van der Waals surface area contributed by atoms with Gasteiger partial charge in [-0.15, -0.1) is 0 Å². The Morgan fingerprint density at radius 3 is 2.90 bits per heavy atom. The molecular formula is C23H30N2O4. The third-order valence-corrected chi connectivity index (χ3v) is 5.93. The van der Waals surface area contributed by atoms with Crippen LogP contribution in [-0.4, -0.2) is 42.5 Å². The lowest BCUT2D eigenvalue weighted by Crippen LogP contribution is -2.51. The number of piperidine rings is 1. The number of rotatable bonds is 5. The van der Waals surface area contributed by atoms with Crippen LogP contribution in [0.5, 0.6) is 5.75 Å². The lowest BCUT2D eigenvalue weighted by molar-refractivity contribution is -0.135. The first-order chi connectivity index (χ1) is 14.0. The fraction of sp³-hybridized carbons (Fsp3) is 0.565. The van der Waals surface area contributed by atoms with E-state index >= 15 is 0 Å². The van der Waals surface area contributed by atoms with E-state index in [4.69, 9.17) is 9.15 Å². The molecule has 6 heteroatoms. The maximum absolute atomic E-state index is 12.7. The summed E-state index contributed by atoms with van der Waals surface area (Å²) in [5, 5.41) is 4.15. The van der Waals surface area contributed by atoms with E-state index in [0.29, 0.717) is 18.8 Å². The summed E-state index contributed by atoms with van der Waals surface area (Å²) in [7, 11) is 0. The number of carbonyl (C=O) groups excluding carboxylic acids is 2. The van der Waals surface area contributed by atoms with Crippen LogP contribution in [0.4, 0.5) is 0 Å². The standard InChI is InChI=1S/C23H30N2O4/c1-15(2)23(27)24-16-6-5-11-25(13-16)22(26)14-28-17-9-10-21-19(12-17)18-7-3-4-8-20(18)29-21/h9-10,12,15-16H,3-8,11,13-14H2,1-2H3,(H,24,27). The Morgan fingerprint density at radius 1 is 1.24 bits per heavy atom. The first-order valence-electron chi connectivity index (χ1n) is 10.8. The SMILES string of the molecule is CC(C)C(=O)NC1CCCN(C(=O)COc2ccc3oc4c(c3c2)CCCC4)C1. The molecule has 1 N–H and O–H groups in total. The number of hydrogen-bond acceptors (Lipinski definition) is 4. The second-order valence-electron chi connectivity index (χ2n) is 8.50. The molecule has 156 valence electrons. The van der Waals surface area contributed by atoms with Crippen molar-refractivity contribution in [2.75, 3.05) is 19.7 Å². The molecule has 1 aromatic carbocycles. The number of amides is 2. The van der Waals surface area contributed by atoms with Gasteiger partial charge in [0.25, 0.3) is 5.91 Å². The van der Waals surface area contributed by atoms with E-state index in [9.17, 15) is 9.59 Å². The topological polar surface area (TPSA) is 71.8 Å². The molecule has 1 saturated heterocycles. The van der Waals surface area contributed by atoms with Crippen LogP contribution >= 0.6 is 0 Å². The van der Waals surface area contributed by atoms with Crippen molar-refractivity contribution in [1.29, 1.82) is 0 Å². The molecule has 0 bridgehead atoms. The van der Waals surface area contributed by atoms with E-state index in [0.717, 1.165) is 42.4 Å². The normalized spacial score (nSPS) is 19.3. The summed E-state index contributed by atoms with van der Waals surface area (Å²) in [5.41, 5.74) is 2.19. The van der Waals surface area contributed by atoms with E-state index in [1.54, 1.807) is 4.90 Å². The van der Waals surface area contributed by atoms with Gasteiger partial charge in [-0.3, -0.25) is 9.59 Å². The van der Waals surface area contributed by atoms with Gasteiger partial charge < -0.3 is 19.4 Å². The molecule has 6 nitrogen and oxygen atoms in total. The summed E-state index contributed by atoms with van der Waals surface area (Å²) in [5.74, 6) is 1.75. The number of carbonyl (C=O) groups is 2. The van der Waals surface area contributed by atoms with E-state index in [-0.39, 0.29) is 30.4 Å². The van der Waals surface area contributed by atoms with Crippen molar-refractivity contribution in [3.8, 4) is 5.75 Å². The molecule has 2 amide bonds. The average molecular weight is 399 g/mol. The summed E-state index contributed by atoms with van der Waals surface area (Å²) >= 11 is 0. The number of ether oxygens (including phenoxy) is 1. The Morgan fingerprint density at radius 2 is 2.07 bits per heavy atom. The summed E-state index contributed by atoms with van der Waals surface area (Å²) < 4.78 is 11.8. The highest BCUT2D eigenvalue weighted by Crippen LogP contribution is 2.33. The summed E-state index contributed by atoms with van der Waals surface area (Å²) in [6, 6.07) is 5.83. The Bertz CT molecular complexity index is 902. The molecule has 2 heterocycles. The quantitative estimate of drug-likeness (QED) is 0.837. The molecule has 1 atom stereocenters. The van der Waals surface area contributed by atoms with Gasteiger partial charge in [-0.05, 0) is 50.3 Å². The summed E-state index contributed by atoms with van der Waals surface area (Å²) in [6.07, 6.45) is 6.21. The fourth-order valence-electron chi connectivity index (χ4n) is 4.26. The van der Waals surface area contributed by atoms with E-state index in [1.165, 1.54) is 18.4 Å². The number of furan rings is 1. The molecule has 0 radical (unpaired) electrons. The third-order valence-electron chi connectivity index (χ3n) is 5.93. The van der Waals surface area contributed by atoms with E-state index < -0.39 is 0 Å². The van der Waals surface area contributed by atoms with Crippen LogP contribution < -0.4 is 10.1 Å². The number of hydrogen-bond donors (Lipinski definition) is 1. The number of nitrogens with one attached hydrogen (secondary N) is 1. The molecule has 4 rings (SSSR count). The lowest BCUT2D eigenvalue weighted by Gasteiger charge is -2.33. The molecule has 1 aliphatic carbocycles. The number of likely N-dealkylation sites (tertiary alicyclic amines) is 1. The van der Waals surface area contributed by atoms with Crippen LogP contribution in [0.25, 0.3) is 11.0 Å². The maximum Gasteiger partial charge on any atom is 0.260 e. The van der Waals surface area contributed by atoms with Crippen LogP contribution in [0, 0.1) is 5.92 Å². The van der Waals surface area contributed by atoms with Gasteiger partial charge in [0, 0.05) is 42.4 Å². The zero-order valence-electron chi connectivity index (χ0n) is 17.3. The molecule has 1 aliphatic heterocycles. The monoisotopic (exact) mass is 398 g/mol. The highest BCUT2D eigenvalue weighted by atomic mass is 16.5. The van der Waals surface area contributed by atoms with Gasteiger partial charge in [-0.1, -0.05) is 13.8 Å². The molecule has 2 aromatic rings. The molecule has 1 unspecified atom stereocenters. The Balaban J connectivity index is 1.36. The van der Waals surface area contributed by atoms with Gasteiger partial charge in [-0.25, -0.2) is 0 Å². The predicted molar refractivity (Wildman–Crippen MR) is 111 cm³/mol. The van der Waals surface area contributed by atoms with Crippen molar-refractivity contribution in [2.45, 2.75) is 58.4 Å². The van der Waals surface area contributed by atoms with Crippen LogP contribution in [-0.2, 0) is 22.4 Å². The number of nitrogens with zero attached hydrogens (tertiary/aromatic N) is 1. The van der Waals surface area contributed by atoms with Crippen molar-refractivity contribution in [3.05, 3.63) is 29.5 Å². The first kappa shape index (κ1) is 19.8. The van der Waals surface area contributed by atoms with Crippen LogP contribution in [0.2, 0.25) is 0 Å². The lowest BCUT2D eigenvalue weighted by atomic mass is 9.96. The highest BCUT2D eigenvalue weighted by molar-refractivity contribution is 5.84. The molecule has 1 fully saturated rings. The first-order valence-corrected chi connectivity index (χ1v) is 10.8. The fourth-order valence-corrected chi connectivity index (χ4v) is 4.26. The second-order valence-corrected chi connectivity index (χ2v) is 8.50. The molecule has 2 aliphatic rings. The molecule has 29 heavy (non-hydrogen) atoms. The van der Waals surface area contributed by atoms with Crippen LogP contribution in [0.15, 0.2) is 22.6 Å². The largest absolute Gasteiger partial charge is 0.484 e. The van der Waals surface area contributed by atoms with Crippen LogP contribution in [0.3, 0.4) is 0 Å². The van der Waals surface area contributed by atoms with Gasteiger partial charge >= 0.3 is 0 Å². The summed E-state index contributed by atoms with van der Waals surface area (Å²) in [4.78, 5) is 26.4.